The molecule has 1 aromatic rings. The molecular formula is C13H18N2O3S. The molecule has 1 aromatic carbocycles. The Hall–Kier alpha value is -1.53. The zero-order valence-electron chi connectivity index (χ0n) is 10.8. The van der Waals surface area contributed by atoms with Crippen molar-refractivity contribution >= 4 is 23.7 Å². The maximum absolute atomic E-state index is 11.4. The SMILES string of the molecule is CCNC(=O)NC(=O)CSCC(O)c1ccccc1. The van der Waals surface area contributed by atoms with Crippen LogP contribution in [0.4, 0.5) is 4.79 Å². The Morgan fingerprint density at radius 1 is 1.32 bits per heavy atom. The van der Waals surface area contributed by atoms with Gasteiger partial charge in [-0.25, -0.2) is 4.79 Å². The van der Waals surface area contributed by atoms with Gasteiger partial charge in [-0.2, -0.15) is 0 Å². The summed E-state index contributed by atoms with van der Waals surface area (Å²) in [5, 5.41) is 14.5. The van der Waals surface area contributed by atoms with E-state index in [-0.39, 0.29) is 11.7 Å². The van der Waals surface area contributed by atoms with Crippen LogP contribution in [0.1, 0.15) is 18.6 Å². The number of rotatable bonds is 6. The highest BCUT2D eigenvalue weighted by atomic mass is 32.2. The molecule has 6 heteroatoms. The number of amides is 3. The summed E-state index contributed by atoms with van der Waals surface area (Å²) in [5.41, 5.74) is 0.819. The third-order valence-corrected chi connectivity index (χ3v) is 3.30. The minimum absolute atomic E-state index is 0.140. The Balaban J connectivity index is 2.23. The van der Waals surface area contributed by atoms with Crippen LogP contribution in [-0.2, 0) is 4.79 Å². The highest BCUT2D eigenvalue weighted by Crippen LogP contribution is 2.17. The van der Waals surface area contributed by atoms with Crippen molar-refractivity contribution in [3.05, 3.63) is 35.9 Å². The van der Waals surface area contributed by atoms with Crippen LogP contribution in [0.15, 0.2) is 30.3 Å². The molecule has 0 saturated heterocycles. The average molecular weight is 282 g/mol. The number of carbonyl (C=O) groups is 2. The van der Waals surface area contributed by atoms with E-state index in [0.717, 1.165) is 5.56 Å². The van der Waals surface area contributed by atoms with Crippen molar-refractivity contribution in [1.82, 2.24) is 10.6 Å². The molecule has 19 heavy (non-hydrogen) atoms. The molecule has 1 atom stereocenters. The van der Waals surface area contributed by atoms with Crippen molar-refractivity contribution in [3.63, 3.8) is 0 Å². The average Bonchev–Trinajstić information content (AvgIpc) is 2.39. The van der Waals surface area contributed by atoms with Crippen molar-refractivity contribution in [2.75, 3.05) is 18.1 Å². The van der Waals surface area contributed by atoms with E-state index in [1.165, 1.54) is 11.8 Å². The van der Waals surface area contributed by atoms with Gasteiger partial charge in [0, 0.05) is 12.3 Å². The fourth-order valence-electron chi connectivity index (χ4n) is 1.40. The van der Waals surface area contributed by atoms with E-state index in [1.807, 2.05) is 30.3 Å². The first-order valence-electron chi connectivity index (χ1n) is 6.02. The molecule has 1 rings (SSSR count). The van der Waals surface area contributed by atoms with Gasteiger partial charge in [-0.05, 0) is 12.5 Å². The number of aliphatic hydroxyl groups is 1. The van der Waals surface area contributed by atoms with Crippen LogP contribution in [0.25, 0.3) is 0 Å². The molecule has 0 spiro atoms. The molecule has 104 valence electrons. The highest BCUT2D eigenvalue weighted by Gasteiger charge is 2.10. The minimum Gasteiger partial charge on any atom is -0.388 e. The second-order valence-corrected chi connectivity index (χ2v) is 4.88. The fourth-order valence-corrected chi connectivity index (χ4v) is 2.19. The van der Waals surface area contributed by atoms with Gasteiger partial charge in [0.05, 0.1) is 11.9 Å². The molecule has 0 aliphatic heterocycles. The first-order valence-corrected chi connectivity index (χ1v) is 7.17. The lowest BCUT2D eigenvalue weighted by Crippen LogP contribution is -2.40. The Labute approximate surface area is 116 Å². The van der Waals surface area contributed by atoms with E-state index < -0.39 is 12.1 Å². The number of hydrogen-bond donors (Lipinski definition) is 3. The van der Waals surface area contributed by atoms with Crippen LogP contribution >= 0.6 is 11.8 Å². The molecule has 0 heterocycles. The van der Waals surface area contributed by atoms with Gasteiger partial charge in [0.25, 0.3) is 0 Å². The van der Waals surface area contributed by atoms with Gasteiger partial charge < -0.3 is 10.4 Å². The standard InChI is InChI=1S/C13H18N2O3S/c1-2-14-13(18)15-12(17)9-19-8-11(16)10-6-4-3-5-7-10/h3-7,11,16H,2,8-9H2,1H3,(H2,14,15,17,18). The lowest BCUT2D eigenvalue weighted by molar-refractivity contribution is -0.117. The van der Waals surface area contributed by atoms with E-state index in [4.69, 9.17) is 0 Å². The number of hydrogen-bond acceptors (Lipinski definition) is 4. The smallest absolute Gasteiger partial charge is 0.321 e. The second-order valence-electron chi connectivity index (χ2n) is 3.85. The highest BCUT2D eigenvalue weighted by molar-refractivity contribution is 7.99. The second kappa shape index (κ2) is 8.55. The molecule has 0 aliphatic rings. The number of imide groups is 1. The molecule has 3 N–H and O–H groups in total. The van der Waals surface area contributed by atoms with Crippen LogP contribution in [0.2, 0.25) is 0 Å². The topological polar surface area (TPSA) is 78.4 Å². The minimum atomic E-state index is -0.608. The van der Waals surface area contributed by atoms with Gasteiger partial charge in [-0.1, -0.05) is 30.3 Å². The van der Waals surface area contributed by atoms with Crippen LogP contribution in [0, 0.1) is 0 Å². The number of urea groups is 1. The number of benzene rings is 1. The molecule has 1 unspecified atom stereocenters. The quantitative estimate of drug-likeness (QED) is 0.735. The van der Waals surface area contributed by atoms with E-state index in [9.17, 15) is 14.7 Å². The Bertz CT molecular complexity index is 412. The molecule has 3 amide bonds. The summed E-state index contributed by atoms with van der Waals surface area (Å²) in [5.74, 6) is 0.185. The van der Waals surface area contributed by atoms with Crippen molar-refractivity contribution in [1.29, 1.82) is 0 Å². The van der Waals surface area contributed by atoms with E-state index >= 15 is 0 Å². The first kappa shape index (κ1) is 15.5. The summed E-state index contributed by atoms with van der Waals surface area (Å²) in [7, 11) is 0. The molecule has 5 nitrogen and oxygen atoms in total. The Morgan fingerprint density at radius 2 is 2.00 bits per heavy atom. The van der Waals surface area contributed by atoms with Crippen LogP contribution in [0.5, 0.6) is 0 Å². The molecule has 0 radical (unpaired) electrons. The maximum atomic E-state index is 11.4. The summed E-state index contributed by atoms with van der Waals surface area (Å²) in [6.07, 6.45) is -0.608. The van der Waals surface area contributed by atoms with Gasteiger partial charge >= 0.3 is 6.03 Å². The number of carbonyl (C=O) groups excluding carboxylic acids is 2. The largest absolute Gasteiger partial charge is 0.388 e. The zero-order valence-corrected chi connectivity index (χ0v) is 11.6. The number of thioether (sulfide) groups is 1. The van der Waals surface area contributed by atoms with Gasteiger partial charge in [0.2, 0.25) is 5.91 Å². The van der Waals surface area contributed by atoms with Crippen LogP contribution in [0.3, 0.4) is 0 Å². The number of nitrogens with one attached hydrogen (secondary N) is 2. The van der Waals surface area contributed by atoms with Crippen molar-refractivity contribution in [3.8, 4) is 0 Å². The summed E-state index contributed by atoms with van der Waals surface area (Å²) < 4.78 is 0. The monoisotopic (exact) mass is 282 g/mol. The molecular weight excluding hydrogens is 264 g/mol. The summed E-state index contributed by atoms with van der Waals surface area (Å²) >= 11 is 1.28. The van der Waals surface area contributed by atoms with Gasteiger partial charge in [-0.15, -0.1) is 11.8 Å². The van der Waals surface area contributed by atoms with Gasteiger partial charge in [-0.3, -0.25) is 10.1 Å². The number of aliphatic hydroxyl groups excluding tert-OH is 1. The Kier molecular flexibility index (Phi) is 6.99. The zero-order chi connectivity index (χ0) is 14.1. The summed E-state index contributed by atoms with van der Waals surface area (Å²) in [6, 6.07) is 8.76. The normalized spacial score (nSPS) is 11.7. The molecule has 0 bridgehead atoms. The van der Waals surface area contributed by atoms with E-state index in [0.29, 0.717) is 12.3 Å². The molecule has 0 aromatic heterocycles. The van der Waals surface area contributed by atoms with Crippen molar-refractivity contribution in [2.45, 2.75) is 13.0 Å². The first-order chi connectivity index (χ1) is 9.13. The lowest BCUT2D eigenvalue weighted by atomic mass is 10.1. The Morgan fingerprint density at radius 3 is 2.63 bits per heavy atom. The van der Waals surface area contributed by atoms with Crippen LogP contribution in [-0.4, -0.2) is 35.1 Å². The summed E-state index contributed by atoms with van der Waals surface area (Å²) in [4.78, 5) is 22.4. The van der Waals surface area contributed by atoms with E-state index in [2.05, 4.69) is 10.6 Å². The third kappa shape index (κ3) is 6.26. The van der Waals surface area contributed by atoms with Crippen LogP contribution < -0.4 is 10.6 Å². The van der Waals surface area contributed by atoms with Crippen molar-refractivity contribution < 1.29 is 14.7 Å². The van der Waals surface area contributed by atoms with E-state index in [1.54, 1.807) is 6.92 Å². The molecule has 0 aliphatic carbocycles. The maximum Gasteiger partial charge on any atom is 0.321 e. The lowest BCUT2D eigenvalue weighted by Gasteiger charge is -2.10. The molecule has 0 fully saturated rings. The predicted octanol–water partition coefficient (Wildman–Crippen LogP) is 1.30. The van der Waals surface area contributed by atoms with Gasteiger partial charge in [0.1, 0.15) is 0 Å². The van der Waals surface area contributed by atoms with Gasteiger partial charge in [0.15, 0.2) is 0 Å². The fraction of sp³-hybridized carbons (Fsp3) is 0.385. The summed E-state index contributed by atoms with van der Waals surface area (Å²) in [6.45, 7) is 2.24. The molecule has 0 saturated carbocycles. The predicted molar refractivity (Wildman–Crippen MR) is 75.9 cm³/mol. The third-order valence-electron chi connectivity index (χ3n) is 2.28. The van der Waals surface area contributed by atoms with Crippen molar-refractivity contribution in [2.24, 2.45) is 0 Å².